The molecule has 0 aromatic heterocycles. The molecule has 13 heteroatoms. The molecule has 0 unspecified atom stereocenters. The monoisotopic (exact) mass is 463 g/mol. The van der Waals surface area contributed by atoms with Crippen molar-refractivity contribution in [3.05, 3.63) is 32.7 Å². The second kappa shape index (κ2) is 5.63. The minimum absolute atomic E-state index is 2.37. The fraction of sp³-hybridized carbons (Fsp3) is 0.333. The van der Waals surface area contributed by atoms with Gasteiger partial charge in [-0.2, -0.15) is 30.7 Å². The van der Waals surface area contributed by atoms with Crippen LogP contribution in [0.4, 0.5) is 52.7 Å². The van der Waals surface area contributed by atoms with Crippen LogP contribution in [0.1, 0.15) is 0 Å². The maximum absolute atomic E-state index is 13.1. The van der Waals surface area contributed by atoms with Gasteiger partial charge in [0, 0.05) is 0 Å². The third-order valence-corrected chi connectivity index (χ3v) is 4.92. The van der Waals surface area contributed by atoms with Crippen molar-refractivity contribution in [3.8, 4) is 0 Å². The molecule has 0 fully saturated rings. The molecule has 0 saturated heterocycles. The van der Waals surface area contributed by atoms with Crippen molar-refractivity contribution in [3.63, 3.8) is 0 Å². The van der Waals surface area contributed by atoms with Gasteiger partial charge in [0.05, 0.1) is 0 Å². The largest absolute Gasteiger partial charge is 0.520 e. The second-order valence-corrected chi connectivity index (χ2v) is 6.52. The fourth-order valence-corrected chi connectivity index (χ4v) is 3.27. The number of hydrogen-bond donors (Lipinski definition) is 0. The van der Waals surface area contributed by atoms with E-state index in [9.17, 15) is 52.7 Å². The Bertz CT molecular complexity index is 560. The van der Waals surface area contributed by atoms with E-state index in [1.165, 1.54) is 0 Å². The van der Waals surface area contributed by atoms with Crippen LogP contribution in [0.2, 0.25) is 0 Å². The normalized spacial score (nSPS) is 13.6. The maximum Gasteiger partial charge on any atom is 0.520 e. The summed E-state index contributed by atoms with van der Waals surface area (Å²) in [6.07, 6.45) is -6.78. The highest BCUT2D eigenvalue weighted by molar-refractivity contribution is 5.12. The molecule has 0 amide bonds. The Labute approximate surface area is 123 Å². The Hall–Kier alpha value is -0.890. The van der Waals surface area contributed by atoms with Crippen LogP contribution in [0.25, 0.3) is 0 Å². The van der Waals surface area contributed by atoms with Gasteiger partial charge in [-0.15, -0.1) is 8.78 Å². The fourth-order valence-electron chi connectivity index (χ4n) is 1.000. The average molecular weight is 463 g/mol. The zero-order valence-electron chi connectivity index (χ0n) is 9.41. The van der Waals surface area contributed by atoms with Crippen LogP contribution >= 0.6 is 0 Å². The molecule has 22 heavy (non-hydrogen) atoms. The molecule has 0 saturated carbocycles. The van der Waals surface area contributed by atoms with Gasteiger partial charge >= 0.3 is 37.2 Å². The van der Waals surface area contributed by atoms with Crippen LogP contribution < -0.4 is 21.2 Å². The lowest BCUT2D eigenvalue weighted by atomic mass is 10.3. The number of hydrogen-bond acceptors (Lipinski definition) is 0. The molecular formula is C9F12I+. The summed E-state index contributed by atoms with van der Waals surface area (Å²) in [5.74, 6) is -20.6. The Morgan fingerprint density at radius 1 is 0.545 bits per heavy atom. The van der Waals surface area contributed by atoms with Crippen LogP contribution in [0.15, 0.2) is 0 Å². The van der Waals surface area contributed by atoms with Crippen molar-refractivity contribution in [2.75, 3.05) is 0 Å². The molecule has 0 heterocycles. The van der Waals surface area contributed by atoms with Gasteiger partial charge in [0.1, 0.15) is 0 Å². The highest BCUT2D eigenvalue weighted by atomic mass is 127. The van der Waals surface area contributed by atoms with E-state index in [1.807, 2.05) is 0 Å². The molecule has 0 aliphatic carbocycles. The molecule has 1 rings (SSSR count). The molecule has 1 aromatic carbocycles. The SMILES string of the molecule is Fc1c(F)c(F)c([I+]C(F)(F)C(F)(F)C(F)(F)F)c(F)c1F. The van der Waals surface area contributed by atoms with Gasteiger partial charge in [-0.05, 0) is 0 Å². The summed E-state index contributed by atoms with van der Waals surface area (Å²) in [5.41, 5.74) is 0. The van der Waals surface area contributed by atoms with Crippen molar-refractivity contribution in [1.82, 2.24) is 0 Å². The van der Waals surface area contributed by atoms with E-state index in [4.69, 9.17) is 0 Å². The van der Waals surface area contributed by atoms with Gasteiger partial charge in [0.15, 0.2) is 0 Å². The minimum atomic E-state index is -6.78. The summed E-state index contributed by atoms with van der Waals surface area (Å²) >= 11 is -4.27. The Kier molecular flexibility index (Phi) is 4.90. The molecule has 0 bridgehead atoms. The molecule has 0 radical (unpaired) electrons. The molecular weight excluding hydrogens is 463 g/mol. The lowest BCUT2D eigenvalue weighted by Crippen LogP contribution is -3.68. The quantitative estimate of drug-likeness (QED) is 0.210. The molecule has 0 aliphatic heterocycles. The first kappa shape index (κ1) is 19.2. The first-order chi connectivity index (χ1) is 9.65. The summed E-state index contributed by atoms with van der Waals surface area (Å²) in [6, 6.07) is 0. The molecule has 0 nitrogen and oxygen atoms in total. The molecule has 0 aliphatic rings. The van der Waals surface area contributed by atoms with Crippen LogP contribution in [0, 0.1) is 32.7 Å². The maximum atomic E-state index is 13.1. The van der Waals surface area contributed by atoms with Crippen molar-refractivity contribution in [1.29, 1.82) is 0 Å². The predicted octanol–water partition coefficient (Wildman–Crippen LogP) is 1.43. The van der Waals surface area contributed by atoms with Crippen LogP contribution in [0.5, 0.6) is 0 Å². The van der Waals surface area contributed by atoms with Gasteiger partial charge in [-0.1, -0.05) is 0 Å². The second-order valence-electron chi connectivity index (χ2n) is 3.55. The molecule has 0 atom stereocenters. The number of alkyl halides is 8. The van der Waals surface area contributed by atoms with Crippen LogP contribution in [-0.2, 0) is 0 Å². The Balaban J connectivity index is 3.43. The van der Waals surface area contributed by atoms with Gasteiger partial charge in [0.25, 0.3) is 3.57 Å². The number of rotatable bonds is 3. The van der Waals surface area contributed by atoms with Gasteiger partial charge in [-0.25, -0.2) is 13.2 Å². The first-order valence-electron chi connectivity index (χ1n) is 4.65. The van der Waals surface area contributed by atoms with Crippen LogP contribution in [0.3, 0.4) is 0 Å². The summed E-state index contributed by atoms with van der Waals surface area (Å²) < 4.78 is 143. The first-order valence-corrected chi connectivity index (χ1v) is 6.80. The Morgan fingerprint density at radius 2 is 0.864 bits per heavy atom. The molecule has 1 aromatic rings. The Morgan fingerprint density at radius 3 is 1.18 bits per heavy atom. The third-order valence-electron chi connectivity index (χ3n) is 2.08. The third kappa shape index (κ3) is 2.95. The lowest BCUT2D eigenvalue weighted by Gasteiger charge is -2.20. The average Bonchev–Trinajstić information content (AvgIpc) is 2.37. The van der Waals surface area contributed by atoms with E-state index in [0.29, 0.717) is 0 Å². The van der Waals surface area contributed by atoms with E-state index in [1.54, 1.807) is 0 Å². The van der Waals surface area contributed by atoms with E-state index >= 15 is 0 Å². The smallest absolute Gasteiger partial charge is 0.200 e. The molecule has 0 spiro atoms. The van der Waals surface area contributed by atoms with E-state index < -0.39 is 69.9 Å². The lowest BCUT2D eigenvalue weighted by molar-refractivity contribution is -0.794. The summed E-state index contributed by atoms with van der Waals surface area (Å²) in [5, 5.41) is 0. The van der Waals surface area contributed by atoms with Crippen molar-refractivity contribution < 1.29 is 73.9 Å². The topological polar surface area (TPSA) is 0 Å². The van der Waals surface area contributed by atoms with Crippen molar-refractivity contribution >= 4 is 0 Å². The number of benzene rings is 1. The van der Waals surface area contributed by atoms with E-state index in [2.05, 4.69) is 0 Å². The van der Waals surface area contributed by atoms with E-state index in [0.717, 1.165) is 0 Å². The van der Waals surface area contributed by atoms with Crippen molar-refractivity contribution in [2.24, 2.45) is 0 Å². The summed E-state index contributed by atoms with van der Waals surface area (Å²) in [7, 11) is 0. The van der Waals surface area contributed by atoms with E-state index in [-0.39, 0.29) is 0 Å². The van der Waals surface area contributed by atoms with Crippen molar-refractivity contribution in [2.45, 2.75) is 16.0 Å². The number of halogens is 13. The highest BCUT2D eigenvalue weighted by Gasteiger charge is 2.81. The molecule has 0 N–H and O–H groups in total. The van der Waals surface area contributed by atoms with Gasteiger partial charge in [0.2, 0.25) is 29.1 Å². The van der Waals surface area contributed by atoms with Gasteiger partial charge in [-0.3, -0.25) is 0 Å². The zero-order chi connectivity index (χ0) is 17.7. The molecule has 126 valence electrons. The minimum Gasteiger partial charge on any atom is -0.200 e. The standard InChI is InChI=1S/C9F12I/c10-1-2(11)4(13)6(5(14)3(1)12)22-9(20,21)7(15,16)8(17,18)19/q+1. The highest BCUT2D eigenvalue weighted by Crippen LogP contribution is 2.42. The summed E-state index contributed by atoms with van der Waals surface area (Å²) in [4.78, 5) is 0. The summed E-state index contributed by atoms with van der Waals surface area (Å²) in [6.45, 7) is 0. The van der Waals surface area contributed by atoms with Crippen LogP contribution in [-0.4, -0.2) is 16.0 Å². The zero-order valence-corrected chi connectivity index (χ0v) is 11.6. The predicted molar refractivity (Wildman–Crippen MR) is 40.9 cm³/mol. The van der Waals surface area contributed by atoms with Gasteiger partial charge < -0.3 is 0 Å².